The van der Waals surface area contributed by atoms with Gasteiger partial charge in [0.1, 0.15) is 0 Å². The van der Waals surface area contributed by atoms with E-state index in [1.165, 1.54) is 0 Å². The third-order valence-electron chi connectivity index (χ3n) is 2.13. The lowest BCUT2D eigenvalue weighted by Gasteiger charge is -2.39. The lowest BCUT2D eigenvalue weighted by molar-refractivity contribution is -0.305. The Bertz CT molecular complexity index is 323. The van der Waals surface area contributed by atoms with E-state index in [0.717, 1.165) is 6.92 Å². The molecule has 0 bridgehead atoms. The van der Waals surface area contributed by atoms with Crippen LogP contribution in [0.15, 0.2) is 0 Å². The summed E-state index contributed by atoms with van der Waals surface area (Å²) in [4.78, 5) is 20.9. The number of piperidine rings is 1. The standard InChI is InChI=1S/C7H5F6NO2/c1-2-14-3(15)5(8,9)7(12,13)6(10,11)4(14)16/h2H2,1H3. The van der Waals surface area contributed by atoms with Crippen LogP contribution >= 0.6 is 0 Å². The van der Waals surface area contributed by atoms with Gasteiger partial charge in [-0.2, -0.15) is 26.3 Å². The quantitative estimate of drug-likeness (QED) is 0.518. The monoisotopic (exact) mass is 249 g/mol. The summed E-state index contributed by atoms with van der Waals surface area (Å²) in [5.41, 5.74) is 0. The Hall–Kier alpha value is -1.28. The van der Waals surface area contributed by atoms with E-state index in [2.05, 4.69) is 0 Å². The summed E-state index contributed by atoms with van der Waals surface area (Å²) < 4.78 is 76.0. The Kier molecular flexibility index (Phi) is 2.49. The number of hydrogen-bond donors (Lipinski definition) is 0. The van der Waals surface area contributed by atoms with E-state index >= 15 is 0 Å². The van der Waals surface area contributed by atoms with E-state index in [0.29, 0.717) is 0 Å². The highest BCUT2D eigenvalue weighted by molar-refractivity contribution is 6.06. The molecule has 2 amide bonds. The van der Waals surface area contributed by atoms with Gasteiger partial charge in [0.05, 0.1) is 0 Å². The molecule has 1 rings (SSSR count). The third-order valence-corrected chi connectivity index (χ3v) is 2.13. The van der Waals surface area contributed by atoms with Crippen molar-refractivity contribution >= 4 is 11.8 Å². The number of carbonyl (C=O) groups is 2. The summed E-state index contributed by atoms with van der Waals surface area (Å²) in [5, 5.41) is 0. The second-order valence-electron chi connectivity index (χ2n) is 3.08. The maximum absolute atomic E-state index is 12.7. The Labute approximate surface area is 85.0 Å². The molecule has 0 spiro atoms. The van der Waals surface area contributed by atoms with Crippen molar-refractivity contribution in [3.63, 3.8) is 0 Å². The van der Waals surface area contributed by atoms with Crippen LogP contribution in [-0.4, -0.2) is 41.0 Å². The molecule has 0 aromatic carbocycles. The summed E-state index contributed by atoms with van der Waals surface area (Å²) >= 11 is 0. The van der Waals surface area contributed by atoms with Gasteiger partial charge in [0.2, 0.25) is 0 Å². The number of nitrogens with zero attached hydrogens (tertiary/aromatic N) is 1. The average Bonchev–Trinajstić information content (AvgIpc) is 2.16. The van der Waals surface area contributed by atoms with Gasteiger partial charge < -0.3 is 0 Å². The van der Waals surface area contributed by atoms with Crippen LogP contribution in [0.5, 0.6) is 0 Å². The van der Waals surface area contributed by atoms with E-state index in [-0.39, 0.29) is 0 Å². The predicted molar refractivity (Wildman–Crippen MR) is 37.2 cm³/mol. The van der Waals surface area contributed by atoms with Crippen LogP contribution in [0.4, 0.5) is 26.3 Å². The van der Waals surface area contributed by atoms with Crippen molar-refractivity contribution in [1.29, 1.82) is 0 Å². The summed E-state index contributed by atoms with van der Waals surface area (Å²) in [6, 6.07) is 0. The number of likely N-dealkylation sites (tertiary alicyclic amines) is 1. The summed E-state index contributed by atoms with van der Waals surface area (Å²) in [6.07, 6.45) is 0. The molecule has 1 aliphatic heterocycles. The van der Waals surface area contributed by atoms with E-state index in [4.69, 9.17) is 0 Å². The molecule has 92 valence electrons. The lowest BCUT2D eigenvalue weighted by atomic mass is 9.97. The Morgan fingerprint density at radius 3 is 1.50 bits per heavy atom. The maximum atomic E-state index is 12.7. The van der Waals surface area contributed by atoms with Gasteiger partial charge in [-0.25, -0.2) is 0 Å². The van der Waals surface area contributed by atoms with Crippen LogP contribution in [0.3, 0.4) is 0 Å². The second kappa shape index (κ2) is 3.11. The molecule has 0 N–H and O–H groups in total. The van der Waals surface area contributed by atoms with Crippen LogP contribution in [0, 0.1) is 0 Å². The Morgan fingerprint density at radius 1 is 0.938 bits per heavy atom. The normalized spacial score (nSPS) is 27.1. The minimum atomic E-state index is -6.01. The molecule has 16 heavy (non-hydrogen) atoms. The molecule has 1 heterocycles. The van der Waals surface area contributed by atoms with Gasteiger partial charge in [0.25, 0.3) is 0 Å². The van der Waals surface area contributed by atoms with Gasteiger partial charge in [0, 0.05) is 6.54 Å². The number of halogens is 6. The first kappa shape index (κ1) is 12.8. The summed E-state index contributed by atoms with van der Waals surface area (Å²) in [6.45, 7) is 0.102. The van der Waals surface area contributed by atoms with E-state index in [1.54, 1.807) is 0 Å². The first-order valence-electron chi connectivity index (χ1n) is 4.01. The van der Waals surface area contributed by atoms with E-state index in [9.17, 15) is 35.9 Å². The number of imide groups is 1. The highest BCUT2D eigenvalue weighted by Crippen LogP contribution is 2.50. The summed E-state index contributed by atoms with van der Waals surface area (Å²) in [5.74, 6) is -22.4. The van der Waals surface area contributed by atoms with Gasteiger partial charge in [-0.15, -0.1) is 0 Å². The molecule has 0 aromatic rings. The smallest absolute Gasteiger partial charge is 0.272 e. The molecule has 0 saturated carbocycles. The number of carbonyl (C=O) groups excluding carboxylic acids is 2. The molecule has 1 fully saturated rings. The van der Waals surface area contributed by atoms with Crippen molar-refractivity contribution < 1.29 is 35.9 Å². The van der Waals surface area contributed by atoms with Gasteiger partial charge in [-0.1, -0.05) is 0 Å². The first-order chi connectivity index (χ1) is 7.01. The van der Waals surface area contributed by atoms with Gasteiger partial charge >= 0.3 is 29.6 Å². The Morgan fingerprint density at radius 2 is 1.25 bits per heavy atom. The molecule has 1 saturated heterocycles. The average molecular weight is 249 g/mol. The molecular formula is C7H5F6NO2. The summed E-state index contributed by atoms with van der Waals surface area (Å²) in [7, 11) is 0. The van der Waals surface area contributed by atoms with Crippen molar-refractivity contribution in [3.05, 3.63) is 0 Å². The van der Waals surface area contributed by atoms with Crippen molar-refractivity contribution in [2.75, 3.05) is 6.54 Å². The van der Waals surface area contributed by atoms with Gasteiger partial charge in [-0.3, -0.25) is 14.5 Å². The zero-order valence-corrected chi connectivity index (χ0v) is 7.74. The molecule has 0 aromatic heterocycles. The number of rotatable bonds is 1. The predicted octanol–water partition coefficient (Wildman–Crippen LogP) is 1.28. The zero-order valence-electron chi connectivity index (χ0n) is 7.74. The first-order valence-corrected chi connectivity index (χ1v) is 4.01. The second-order valence-corrected chi connectivity index (χ2v) is 3.08. The van der Waals surface area contributed by atoms with Crippen molar-refractivity contribution in [1.82, 2.24) is 4.90 Å². The highest BCUT2D eigenvalue weighted by Gasteiger charge is 2.82. The molecule has 0 unspecified atom stereocenters. The third kappa shape index (κ3) is 1.17. The van der Waals surface area contributed by atoms with Crippen LogP contribution in [0.2, 0.25) is 0 Å². The molecule has 1 aliphatic rings. The SMILES string of the molecule is CCN1C(=O)C(F)(F)C(F)(F)C(F)(F)C1=O. The number of alkyl halides is 6. The molecule has 0 atom stereocenters. The lowest BCUT2D eigenvalue weighted by Crippen LogP contribution is -2.72. The molecule has 0 radical (unpaired) electrons. The maximum Gasteiger partial charge on any atom is 0.393 e. The van der Waals surface area contributed by atoms with E-state index < -0.39 is 41.0 Å². The fourth-order valence-electron chi connectivity index (χ4n) is 1.18. The minimum Gasteiger partial charge on any atom is -0.272 e. The van der Waals surface area contributed by atoms with Crippen LogP contribution in [0.1, 0.15) is 6.92 Å². The molecular weight excluding hydrogens is 244 g/mol. The highest BCUT2D eigenvalue weighted by atomic mass is 19.3. The van der Waals surface area contributed by atoms with Crippen molar-refractivity contribution in [3.8, 4) is 0 Å². The zero-order chi connectivity index (χ0) is 12.9. The largest absolute Gasteiger partial charge is 0.393 e. The molecule has 0 aliphatic carbocycles. The molecule has 9 heteroatoms. The van der Waals surface area contributed by atoms with Crippen molar-refractivity contribution in [2.24, 2.45) is 0 Å². The number of amides is 2. The minimum absolute atomic E-state index is 0.586. The topological polar surface area (TPSA) is 37.4 Å². The fraction of sp³-hybridized carbons (Fsp3) is 0.714. The fourth-order valence-corrected chi connectivity index (χ4v) is 1.18. The van der Waals surface area contributed by atoms with Crippen LogP contribution in [-0.2, 0) is 9.59 Å². The van der Waals surface area contributed by atoms with E-state index in [1.807, 2.05) is 0 Å². The molecule has 3 nitrogen and oxygen atoms in total. The van der Waals surface area contributed by atoms with Gasteiger partial charge in [-0.05, 0) is 6.92 Å². The van der Waals surface area contributed by atoms with Crippen molar-refractivity contribution in [2.45, 2.75) is 24.7 Å². The van der Waals surface area contributed by atoms with Gasteiger partial charge in [0.15, 0.2) is 0 Å². The van der Waals surface area contributed by atoms with Crippen LogP contribution in [0.25, 0.3) is 0 Å². The van der Waals surface area contributed by atoms with Crippen LogP contribution < -0.4 is 0 Å². The number of hydrogen-bond acceptors (Lipinski definition) is 2. The Balaban J connectivity index is 3.40.